The Hall–Kier alpha value is -7.77. The van der Waals surface area contributed by atoms with Crippen LogP contribution in [0.4, 0.5) is 56.9 Å². The van der Waals surface area contributed by atoms with Crippen molar-refractivity contribution in [2.45, 2.75) is 6.92 Å². The van der Waals surface area contributed by atoms with Crippen molar-refractivity contribution in [2.75, 3.05) is 28.3 Å². The third kappa shape index (κ3) is 10.3. The van der Waals surface area contributed by atoms with Gasteiger partial charge in [0.05, 0.1) is 28.5 Å². The van der Waals surface area contributed by atoms with Crippen molar-refractivity contribution >= 4 is 80.1 Å². The molecular weight excluding hydrogens is 711 g/mol. The first-order chi connectivity index (χ1) is 28.5. The standard InChI is InChI=1S/C51H43N7/c1-36-3-9-40(10-4-36)53-44-19-25-48(26-20-44)57-49-27-21-45(22-28-49)54-41-11-5-37(6-12-41)35-38-7-13-42(14-8-38)55-46-23-29-50(30-24-46)58-51-33-31-47(32-34-51)56-43-17-15-39(52-2)16-18-43/h3-35,53,55,57-58H,1-2H3. The van der Waals surface area contributed by atoms with Gasteiger partial charge in [-0.05, 0) is 182 Å². The van der Waals surface area contributed by atoms with Crippen LogP contribution in [0.25, 0.3) is 6.08 Å². The Labute approximate surface area is 340 Å². The van der Waals surface area contributed by atoms with Crippen LogP contribution in [0.5, 0.6) is 0 Å². The molecule has 58 heavy (non-hydrogen) atoms. The van der Waals surface area contributed by atoms with Gasteiger partial charge in [-0.15, -0.1) is 0 Å². The quantitative estimate of drug-likeness (QED) is 0.0993. The second-order valence-corrected chi connectivity index (χ2v) is 13.9. The fourth-order valence-electron chi connectivity index (χ4n) is 6.29. The first-order valence-electron chi connectivity index (χ1n) is 19.2. The van der Waals surface area contributed by atoms with E-state index in [4.69, 9.17) is 9.98 Å². The van der Waals surface area contributed by atoms with Gasteiger partial charge in [-0.2, -0.15) is 0 Å². The zero-order chi connectivity index (χ0) is 39.5. The van der Waals surface area contributed by atoms with Crippen LogP contribution in [0.2, 0.25) is 0 Å². The molecule has 2 aliphatic rings. The summed E-state index contributed by atoms with van der Waals surface area (Å²) in [4.78, 5) is 13.7. The van der Waals surface area contributed by atoms with E-state index in [1.165, 1.54) is 5.56 Å². The molecule has 2 aliphatic carbocycles. The van der Waals surface area contributed by atoms with Crippen molar-refractivity contribution in [3.05, 3.63) is 211 Å². The highest BCUT2D eigenvalue weighted by atomic mass is 14.9. The molecule has 0 saturated heterocycles. The number of allylic oxidation sites excluding steroid dienone is 9. The molecule has 0 unspecified atom stereocenters. The lowest BCUT2D eigenvalue weighted by Gasteiger charge is -2.10. The first kappa shape index (κ1) is 37.2. The molecule has 6 aromatic carbocycles. The predicted octanol–water partition coefficient (Wildman–Crippen LogP) is 13.5. The smallest absolute Gasteiger partial charge is 0.0638 e. The molecule has 282 valence electrons. The van der Waals surface area contributed by atoms with E-state index in [2.05, 4.69) is 161 Å². The summed E-state index contributed by atoms with van der Waals surface area (Å²) in [6.07, 6.45) is 18.3. The first-order valence-corrected chi connectivity index (χ1v) is 19.2. The van der Waals surface area contributed by atoms with Crippen LogP contribution in [0.1, 0.15) is 11.1 Å². The molecule has 0 aliphatic heterocycles. The number of hydrogen-bond donors (Lipinski definition) is 4. The van der Waals surface area contributed by atoms with E-state index in [9.17, 15) is 0 Å². The Balaban J connectivity index is 0.795. The predicted molar refractivity (Wildman–Crippen MR) is 249 cm³/mol. The lowest BCUT2D eigenvalue weighted by atomic mass is 10.0. The third-order valence-electron chi connectivity index (χ3n) is 9.47. The SMILES string of the molecule is CN=C1C=CC(=Nc2ccc(Nc3ccc(Nc4ccc(C=C5C=CC(=Nc6ccc(Nc7ccc(Nc8ccc(C)cc8)cc7)cc6)C=C5)cc4)cc3)cc2)C=C1. The summed E-state index contributed by atoms with van der Waals surface area (Å²) in [7, 11) is 1.78. The zero-order valence-corrected chi connectivity index (χ0v) is 32.4. The Bertz CT molecular complexity index is 2570. The maximum absolute atomic E-state index is 4.82. The van der Waals surface area contributed by atoms with Gasteiger partial charge in [0.25, 0.3) is 0 Å². The number of anilines is 8. The fraction of sp³-hybridized carbons (Fsp3) is 0.0392. The van der Waals surface area contributed by atoms with Crippen LogP contribution in [0.3, 0.4) is 0 Å². The molecule has 0 amide bonds. The lowest BCUT2D eigenvalue weighted by Crippen LogP contribution is -1.99. The molecule has 6 aromatic rings. The number of nitrogens with zero attached hydrogens (tertiary/aromatic N) is 3. The highest BCUT2D eigenvalue weighted by Crippen LogP contribution is 2.27. The number of rotatable bonds is 11. The number of hydrogen-bond acceptors (Lipinski definition) is 7. The highest BCUT2D eigenvalue weighted by molar-refractivity contribution is 6.19. The molecule has 0 atom stereocenters. The summed E-state index contributed by atoms with van der Waals surface area (Å²) in [6, 6.07) is 49.6. The Morgan fingerprint density at radius 2 is 0.638 bits per heavy atom. The highest BCUT2D eigenvalue weighted by Gasteiger charge is 2.04. The molecule has 0 spiro atoms. The van der Waals surface area contributed by atoms with Crippen molar-refractivity contribution in [2.24, 2.45) is 15.0 Å². The summed E-state index contributed by atoms with van der Waals surface area (Å²) in [5.41, 5.74) is 16.2. The van der Waals surface area contributed by atoms with E-state index in [1.54, 1.807) is 7.05 Å². The average Bonchev–Trinajstić information content (AvgIpc) is 3.26. The Kier molecular flexibility index (Phi) is 11.4. The van der Waals surface area contributed by atoms with Gasteiger partial charge in [0.15, 0.2) is 0 Å². The van der Waals surface area contributed by atoms with Gasteiger partial charge in [0, 0.05) is 52.5 Å². The minimum Gasteiger partial charge on any atom is -0.356 e. The topological polar surface area (TPSA) is 85.2 Å². The number of aliphatic imine (C=N–C) groups is 3. The van der Waals surface area contributed by atoms with Crippen molar-refractivity contribution in [3.8, 4) is 0 Å². The van der Waals surface area contributed by atoms with E-state index < -0.39 is 0 Å². The van der Waals surface area contributed by atoms with Crippen LogP contribution < -0.4 is 21.3 Å². The maximum atomic E-state index is 4.82. The van der Waals surface area contributed by atoms with Crippen molar-refractivity contribution in [1.29, 1.82) is 0 Å². The molecule has 7 nitrogen and oxygen atoms in total. The Morgan fingerprint density at radius 3 is 1.00 bits per heavy atom. The van der Waals surface area contributed by atoms with E-state index in [0.717, 1.165) is 85.1 Å². The van der Waals surface area contributed by atoms with Crippen LogP contribution in [-0.2, 0) is 0 Å². The lowest BCUT2D eigenvalue weighted by molar-refractivity contribution is 1.45. The molecule has 0 radical (unpaired) electrons. The van der Waals surface area contributed by atoms with Gasteiger partial charge in [-0.25, -0.2) is 9.98 Å². The normalized spacial score (nSPS) is 12.9. The fourth-order valence-corrected chi connectivity index (χ4v) is 6.29. The average molecular weight is 754 g/mol. The van der Waals surface area contributed by atoms with E-state index in [1.807, 2.05) is 72.9 Å². The summed E-state index contributed by atoms with van der Waals surface area (Å²) in [5, 5.41) is 13.9. The molecular formula is C51H43N7. The molecule has 8 rings (SSSR count). The maximum Gasteiger partial charge on any atom is 0.0638 e. The second kappa shape index (κ2) is 17.8. The minimum atomic E-state index is 0.900. The molecule has 7 heteroatoms. The number of aryl methyl sites for hydroxylation is 1. The molecule has 4 N–H and O–H groups in total. The number of benzene rings is 6. The van der Waals surface area contributed by atoms with Gasteiger partial charge in [-0.3, -0.25) is 4.99 Å². The van der Waals surface area contributed by atoms with E-state index in [-0.39, 0.29) is 0 Å². The van der Waals surface area contributed by atoms with E-state index in [0.29, 0.717) is 0 Å². The van der Waals surface area contributed by atoms with Gasteiger partial charge in [0.1, 0.15) is 0 Å². The van der Waals surface area contributed by atoms with Gasteiger partial charge in [-0.1, -0.05) is 42.0 Å². The molecule has 0 heterocycles. The van der Waals surface area contributed by atoms with Gasteiger partial charge in [0.2, 0.25) is 0 Å². The van der Waals surface area contributed by atoms with E-state index >= 15 is 0 Å². The molecule has 0 bridgehead atoms. The molecule has 0 saturated carbocycles. The third-order valence-corrected chi connectivity index (χ3v) is 9.47. The van der Waals surface area contributed by atoms with Crippen LogP contribution in [-0.4, -0.2) is 24.2 Å². The van der Waals surface area contributed by atoms with Crippen molar-refractivity contribution in [1.82, 2.24) is 0 Å². The summed E-state index contributed by atoms with van der Waals surface area (Å²) in [6.45, 7) is 2.09. The van der Waals surface area contributed by atoms with Crippen LogP contribution >= 0.6 is 0 Å². The molecule has 0 aromatic heterocycles. The summed E-state index contributed by atoms with van der Waals surface area (Å²) < 4.78 is 0. The minimum absolute atomic E-state index is 0.900. The largest absolute Gasteiger partial charge is 0.356 e. The van der Waals surface area contributed by atoms with Crippen LogP contribution in [0, 0.1) is 6.92 Å². The van der Waals surface area contributed by atoms with Crippen molar-refractivity contribution in [3.63, 3.8) is 0 Å². The number of nitrogens with one attached hydrogen (secondary N) is 4. The van der Waals surface area contributed by atoms with Gasteiger partial charge < -0.3 is 21.3 Å². The molecule has 0 fully saturated rings. The van der Waals surface area contributed by atoms with Gasteiger partial charge >= 0.3 is 0 Å². The van der Waals surface area contributed by atoms with Crippen molar-refractivity contribution < 1.29 is 0 Å². The zero-order valence-electron chi connectivity index (χ0n) is 32.4. The Morgan fingerprint density at radius 1 is 0.345 bits per heavy atom. The monoisotopic (exact) mass is 753 g/mol. The summed E-state index contributed by atoms with van der Waals surface area (Å²) in [5.74, 6) is 0. The van der Waals surface area contributed by atoms with Crippen LogP contribution in [0.15, 0.2) is 215 Å². The summed E-state index contributed by atoms with van der Waals surface area (Å²) >= 11 is 0. The second-order valence-electron chi connectivity index (χ2n) is 13.9.